The first-order chi connectivity index (χ1) is 8.28. The standard InChI is InChI=1S/C12H18N4O/c13-11-4-12(15-7-14-11)16-5-8-1-2-10(16)9(3-8)6-17/h4,7-10,17H,1-3,5-6H2,(H2,13,14,15). The molecule has 2 aliphatic heterocycles. The average Bonchev–Trinajstić information content (AvgIpc) is 2.39. The summed E-state index contributed by atoms with van der Waals surface area (Å²) in [5.74, 6) is 2.49. The Bertz CT molecular complexity index is 411. The Labute approximate surface area is 101 Å². The summed E-state index contributed by atoms with van der Waals surface area (Å²) >= 11 is 0. The lowest BCUT2D eigenvalue weighted by molar-refractivity contribution is 0.106. The van der Waals surface area contributed by atoms with Crippen LogP contribution in [-0.2, 0) is 0 Å². The maximum atomic E-state index is 9.45. The van der Waals surface area contributed by atoms with Crippen molar-refractivity contribution in [3.05, 3.63) is 12.4 Å². The van der Waals surface area contributed by atoms with E-state index in [1.807, 2.05) is 6.07 Å². The van der Waals surface area contributed by atoms with Gasteiger partial charge in [-0.2, -0.15) is 0 Å². The molecule has 17 heavy (non-hydrogen) atoms. The summed E-state index contributed by atoms with van der Waals surface area (Å²) in [5, 5.41) is 9.45. The zero-order valence-electron chi connectivity index (χ0n) is 9.79. The van der Waals surface area contributed by atoms with Crippen LogP contribution in [0.15, 0.2) is 12.4 Å². The monoisotopic (exact) mass is 234 g/mol. The third-order valence-electron chi connectivity index (χ3n) is 4.11. The number of nitrogens with zero attached hydrogens (tertiary/aromatic N) is 3. The van der Waals surface area contributed by atoms with Gasteiger partial charge in [0.05, 0.1) is 0 Å². The Morgan fingerprint density at radius 1 is 1.41 bits per heavy atom. The SMILES string of the molecule is Nc1cc(N2CC3CCC2C(CO)C3)ncn1. The highest BCUT2D eigenvalue weighted by Crippen LogP contribution is 2.40. The number of aliphatic hydroxyl groups is 1. The van der Waals surface area contributed by atoms with Crippen LogP contribution >= 0.6 is 0 Å². The number of nitrogens with two attached hydrogens (primary N) is 1. The third-order valence-corrected chi connectivity index (χ3v) is 4.11. The number of hydrogen-bond donors (Lipinski definition) is 2. The smallest absolute Gasteiger partial charge is 0.134 e. The first-order valence-corrected chi connectivity index (χ1v) is 6.23. The molecule has 0 radical (unpaired) electrons. The molecule has 0 amide bonds. The number of rotatable bonds is 2. The zero-order valence-corrected chi connectivity index (χ0v) is 9.79. The lowest BCUT2D eigenvalue weighted by atomic mass is 9.73. The molecule has 3 aliphatic rings. The number of hydrogen-bond acceptors (Lipinski definition) is 5. The van der Waals surface area contributed by atoms with E-state index >= 15 is 0 Å². The van der Waals surface area contributed by atoms with E-state index in [1.54, 1.807) is 0 Å². The minimum Gasteiger partial charge on any atom is -0.396 e. The van der Waals surface area contributed by atoms with E-state index < -0.39 is 0 Å². The first-order valence-electron chi connectivity index (χ1n) is 6.23. The molecule has 4 rings (SSSR count). The summed E-state index contributed by atoms with van der Waals surface area (Å²) in [6.45, 7) is 1.32. The van der Waals surface area contributed by atoms with Crippen molar-refractivity contribution in [1.82, 2.24) is 9.97 Å². The molecule has 92 valence electrons. The van der Waals surface area contributed by atoms with Crippen molar-refractivity contribution in [2.45, 2.75) is 25.3 Å². The number of aromatic nitrogens is 2. The highest BCUT2D eigenvalue weighted by atomic mass is 16.3. The maximum absolute atomic E-state index is 9.45. The van der Waals surface area contributed by atoms with Crippen LogP contribution in [-0.4, -0.2) is 34.3 Å². The van der Waals surface area contributed by atoms with Crippen LogP contribution in [0.5, 0.6) is 0 Å². The van der Waals surface area contributed by atoms with Gasteiger partial charge in [0.2, 0.25) is 0 Å². The van der Waals surface area contributed by atoms with Gasteiger partial charge in [-0.25, -0.2) is 9.97 Å². The van der Waals surface area contributed by atoms with Crippen molar-refractivity contribution in [2.24, 2.45) is 11.8 Å². The van der Waals surface area contributed by atoms with Gasteiger partial charge < -0.3 is 15.7 Å². The van der Waals surface area contributed by atoms with Gasteiger partial charge in [-0.1, -0.05) is 0 Å². The number of anilines is 2. The predicted octanol–water partition coefficient (Wildman–Crippen LogP) is 0.656. The second kappa shape index (κ2) is 4.14. The molecular weight excluding hydrogens is 216 g/mol. The quantitative estimate of drug-likeness (QED) is 0.786. The number of nitrogen functional groups attached to an aromatic ring is 1. The fourth-order valence-electron chi connectivity index (χ4n) is 3.31. The lowest BCUT2D eigenvalue weighted by Crippen LogP contribution is -2.54. The summed E-state index contributed by atoms with van der Waals surface area (Å²) in [5.41, 5.74) is 5.70. The summed E-state index contributed by atoms with van der Waals surface area (Å²) in [7, 11) is 0. The van der Waals surface area contributed by atoms with Gasteiger partial charge in [-0.05, 0) is 25.2 Å². The van der Waals surface area contributed by atoms with Gasteiger partial charge in [0.25, 0.3) is 0 Å². The molecule has 2 saturated heterocycles. The maximum Gasteiger partial charge on any atom is 0.134 e. The van der Waals surface area contributed by atoms with Crippen LogP contribution in [0.1, 0.15) is 19.3 Å². The van der Waals surface area contributed by atoms with Crippen LogP contribution in [0.4, 0.5) is 11.6 Å². The summed E-state index contributed by atoms with van der Waals surface area (Å²) in [6.07, 6.45) is 5.09. The first kappa shape index (κ1) is 10.8. The van der Waals surface area contributed by atoms with E-state index in [-0.39, 0.29) is 6.61 Å². The molecule has 1 saturated carbocycles. The highest BCUT2D eigenvalue weighted by molar-refractivity contribution is 5.48. The van der Waals surface area contributed by atoms with Gasteiger partial charge in [0.15, 0.2) is 0 Å². The molecule has 5 nitrogen and oxygen atoms in total. The van der Waals surface area contributed by atoms with Crippen molar-refractivity contribution in [3.63, 3.8) is 0 Å². The van der Waals surface area contributed by atoms with Crippen molar-refractivity contribution in [2.75, 3.05) is 23.8 Å². The Morgan fingerprint density at radius 2 is 2.29 bits per heavy atom. The van der Waals surface area contributed by atoms with Gasteiger partial charge in [-0.3, -0.25) is 0 Å². The van der Waals surface area contributed by atoms with Crippen LogP contribution in [0.2, 0.25) is 0 Å². The van der Waals surface area contributed by atoms with Crippen molar-refractivity contribution >= 4 is 11.6 Å². The van der Waals surface area contributed by atoms with Crippen LogP contribution in [0.3, 0.4) is 0 Å². The normalized spacial score (nSPS) is 31.8. The van der Waals surface area contributed by atoms with Crippen molar-refractivity contribution in [1.29, 1.82) is 0 Å². The molecule has 0 aromatic carbocycles. The molecule has 5 heteroatoms. The fraction of sp³-hybridized carbons (Fsp3) is 0.667. The van der Waals surface area contributed by atoms with Gasteiger partial charge in [0, 0.05) is 31.2 Å². The molecule has 3 unspecified atom stereocenters. The molecule has 3 atom stereocenters. The van der Waals surface area contributed by atoms with E-state index in [0.29, 0.717) is 23.7 Å². The average molecular weight is 234 g/mol. The van der Waals surface area contributed by atoms with Crippen LogP contribution in [0, 0.1) is 11.8 Å². The van der Waals surface area contributed by atoms with E-state index in [9.17, 15) is 5.11 Å². The summed E-state index contributed by atoms with van der Waals surface area (Å²) < 4.78 is 0. The molecule has 2 bridgehead atoms. The Balaban J connectivity index is 1.88. The van der Waals surface area contributed by atoms with Crippen LogP contribution in [0.25, 0.3) is 0 Å². The van der Waals surface area contributed by atoms with E-state index in [4.69, 9.17) is 5.73 Å². The molecular formula is C12H18N4O. The number of fused-ring (bicyclic) bond motifs is 3. The molecule has 3 fully saturated rings. The second-order valence-corrected chi connectivity index (χ2v) is 5.14. The predicted molar refractivity (Wildman–Crippen MR) is 65.5 cm³/mol. The largest absolute Gasteiger partial charge is 0.396 e. The van der Waals surface area contributed by atoms with E-state index in [2.05, 4.69) is 14.9 Å². The highest BCUT2D eigenvalue weighted by Gasteiger charge is 2.40. The van der Waals surface area contributed by atoms with Crippen LogP contribution < -0.4 is 10.6 Å². The molecule has 0 spiro atoms. The minimum absolute atomic E-state index is 0.276. The van der Waals surface area contributed by atoms with E-state index in [1.165, 1.54) is 12.7 Å². The van der Waals surface area contributed by atoms with Crippen molar-refractivity contribution < 1.29 is 5.11 Å². The van der Waals surface area contributed by atoms with Gasteiger partial charge in [-0.15, -0.1) is 0 Å². The topological polar surface area (TPSA) is 75.3 Å². The lowest BCUT2D eigenvalue weighted by Gasteiger charge is -2.50. The van der Waals surface area contributed by atoms with Crippen molar-refractivity contribution in [3.8, 4) is 0 Å². The Kier molecular flexibility index (Phi) is 2.63. The molecule has 1 aromatic heterocycles. The van der Waals surface area contributed by atoms with E-state index in [0.717, 1.165) is 25.2 Å². The number of aliphatic hydroxyl groups excluding tert-OH is 1. The molecule has 3 heterocycles. The van der Waals surface area contributed by atoms with Gasteiger partial charge in [0.1, 0.15) is 18.0 Å². The number of piperidine rings is 2. The zero-order chi connectivity index (χ0) is 11.8. The summed E-state index contributed by atoms with van der Waals surface area (Å²) in [4.78, 5) is 10.5. The fourth-order valence-corrected chi connectivity index (χ4v) is 3.31. The molecule has 3 N–H and O–H groups in total. The summed E-state index contributed by atoms with van der Waals surface area (Å²) in [6, 6.07) is 2.24. The minimum atomic E-state index is 0.276. The Hall–Kier alpha value is -1.36. The van der Waals surface area contributed by atoms with Gasteiger partial charge >= 0.3 is 0 Å². The Morgan fingerprint density at radius 3 is 3.00 bits per heavy atom. The second-order valence-electron chi connectivity index (χ2n) is 5.14. The third kappa shape index (κ3) is 1.84. The molecule has 1 aromatic rings. The molecule has 1 aliphatic carbocycles.